The molecule has 0 atom stereocenters. The summed E-state index contributed by atoms with van der Waals surface area (Å²) < 4.78 is 5.49. The summed E-state index contributed by atoms with van der Waals surface area (Å²) in [7, 11) is 0. The van der Waals surface area contributed by atoms with Crippen LogP contribution in [0.4, 0.5) is 0 Å². The molecule has 2 rings (SSSR count). The van der Waals surface area contributed by atoms with Crippen LogP contribution >= 0.6 is 11.3 Å². The van der Waals surface area contributed by atoms with E-state index in [-0.39, 0.29) is 12.5 Å². The zero-order chi connectivity index (χ0) is 15.1. The largest absolute Gasteiger partial charge is 0.484 e. The van der Waals surface area contributed by atoms with Gasteiger partial charge >= 0.3 is 0 Å². The minimum atomic E-state index is -0.106. The fourth-order valence-corrected chi connectivity index (χ4v) is 2.66. The van der Waals surface area contributed by atoms with E-state index >= 15 is 0 Å². The first-order valence-corrected chi connectivity index (χ1v) is 7.94. The summed E-state index contributed by atoms with van der Waals surface area (Å²) in [6.45, 7) is 4.69. The number of carbonyl (C=O) groups excluding carboxylic acids is 1. The second-order valence-corrected chi connectivity index (χ2v) is 5.71. The van der Waals surface area contributed by atoms with Gasteiger partial charge in [0.05, 0.1) is 5.01 Å². The van der Waals surface area contributed by atoms with Gasteiger partial charge in [-0.1, -0.05) is 19.1 Å². The monoisotopic (exact) mass is 304 g/mol. The minimum Gasteiger partial charge on any atom is -0.484 e. The topological polar surface area (TPSA) is 51.2 Å². The number of hydrogen-bond donors (Lipinski definition) is 1. The van der Waals surface area contributed by atoms with E-state index < -0.39 is 0 Å². The molecule has 1 N–H and O–H groups in total. The van der Waals surface area contributed by atoms with Crippen LogP contribution in [0.2, 0.25) is 0 Å². The van der Waals surface area contributed by atoms with E-state index in [4.69, 9.17) is 4.74 Å². The summed E-state index contributed by atoms with van der Waals surface area (Å²) in [6, 6.07) is 7.82. The second-order valence-electron chi connectivity index (χ2n) is 4.77. The van der Waals surface area contributed by atoms with E-state index in [2.05, 4.69) is 17.2 Å². The van der Waals surface area contributed by atoms with Crippen molar-refractivity contribution in [1.29, 1.82) is 0 Å². The molecule has 0 fully saturated rings. The summed E-state index contributed by atoms with van der Waals surface area (Å²) >= 11 is 1.62. The fourth-order valence-electron chi connectivity index (χ4n) is 1.88. The molecule has 1 aromatic carbocycles. The number of hydrogen-bond acceptors (Lipinski definition) is 4. The number of thiazole rings is 1. The van der Waals surface area contributed by atoms with E-state index in [0.29, 0.717) is 6.54 Å². The summed E-state index contributed by atoms with van der Waals surface area (Å²) in [5, 5.41) is 5.90. The molecular formula is C16H20N2O2S. The van der Waals surface area contributed by atoms with Crippen molar-refractivity contribution in [3.8, 4) is 5.75 Å². The molecular weight excluding hydrogens is 284 g/mol. The molecule has 0 aliphatic heterocycles. The van der Waals surface area contributed by atoms with E-state index in [9.17, 15) is 4.79 Å². The Labute approximate surface area is 129 Å². The predicted molar refractivity (Wildman–Crippen MR) is 84.9 cm³/mol. The highest BCUT2D eigenvalue weighted by atomic mass is 32.1. The summed E-state index contributed by atoms with van der Waals surface area (Å²) in [6.07, 6.45) is 1.71. The average Bonchev–Trinajstić information content (AvgIpc) is 2.91. The first kappa shape index (κ1) is 15.5. The van der Waals surface area contributed by atoms with Crippen LogP contribution in [0.15, 0.2) is 29.6 Å². The molecule has 21 heavy (non-hydrogen) atoms. The predicted octanol–water partition coefficient (Wildman–Crippen LogP) is 2.75. The third kappa shape index (κ3) is 5.19. The van der Waals surface area contributed by atoms with Crippen molar-refractivity contribution in [3.05, 3.63) is 45.9 Å². The van der Waals surface area contributed by atoms with Gasteiger partial charge in [0.2, 0.25) is 0 Å². The average molecular weight is 304 g/mol. The van der Waals surface area contributed by atoms with Gasteiger partial charge in [-0.2, -0.15) is 0 Å². The van der Waals surface area contributed by atoms with E-state index in [0.717, 1.165) is 29.3 Å². The number of aromatic nitrogens is 1. The Bertz CT molecular complexity index is 595. The molecule has 5 heteroatoms. The molecule has 0 spiro atoms. The molecule has 0 radical (unpaired) electrons. The molecule has 0 aliphatic rings. The molecule has 1 aromatic heterocycles. The highest BCUT2D eigenvalue weighted by Crippen LogP contribution is 2.13. The number of benzene rings is 1. The first-order chi connectivity index (χ1) is 10.2. The molecule has 0 bridgehead atoms. The van der Waals surface area contributed by atoms with Crippen LogP contribution in [0.3, 0.4) is 0 Å². The Morgan fingerprint density at radius 1 is 1.43 bits per heavy atom. The fraction of sp³-hybridized carbons (Fsp3) is 0.375. The van der Waals surface area contributed by atoms with E-state index in [1.807, 2.05) is 36.6 Å². The van der Waals surface area contributed by atoms with Gasteiger partial charge in [0.25, 0.3) is 5.91 Å². The zero-order valence-corrected chi connectivity index (χ0v) is 13.2. The molecule has 112 valence electrons. The van der Waals surface area contributed by atoms with Crippen LogP contribution < -0.4 is 10.1 Å². The van der Waals surface area contributed by atoms with Crippen LogP contribution in [0.1, 0.15) is 23.2 Å². The van der Waals surface area contributed by atoms with Gasteiger partial charge in [0.1, 0.15) is 5.75 Å². The van der Waals surface area contributed by atoms with Crippen LogP contribution in [-0.2, 0) is 17.6 Å². The quantitative estimate of drug-likeness (QED) is 0.855. The zero-order valence-electron chi connectivity index (χ0n) is 12.4. The van der Waals surface area contributed by atoms with Crippen molar-refractivity contribution in [1.82, 2.24) is 10.3 Å². The van der Waals surface area contributed by atoms with Crippen molar-refractivity contribution in [2.45, 2.75) is 26.7 Å². The highest BCUT2D eigenvalue weighted by molar-refractivity contribution is 7.09. The van der Waals surface area contributed by atoms with Crippen molar-refractivity contribution >= 4 is 17.2 Å². The molecule has 0 saturated carbocycles. The van der Waals surface area contributed by atoms with Crippen LogP contribution in [0.5, 0.6) is 5.75 Å². The number of carbonyl (C=O) groups is 1. The smallest absolute Gasteiger partial charge is 0.257 e. The third-order valence-corrected chi connectivity index (χ3v) is 4.03. The van der Waals surface area contributed by atoms with Crippen LogP contribution in [-0.4, -0.2) is 24.0 Å². The number of rotatable bonds is 7. The van der Waals surface area contributed by atoms with Gasteiger partial charge in [0, 0.05) is 24.0 Å². The highest BCUT2D eigenvalue weighted by Gasteiger charge is 2.04. The summed E-state index contributed by atoms with van der Waals surface area (Å²) in [5.74, 6) is 0.630. The van der Waals surface area contributed by atoms with Crippen molar-refractivity contribution in [3.63, 3.8) is 0 Å². The summed E-state index contributed by atoms with van der Waals surface area (Å²) in [5.41, 5.74) is 2.23. The van der Waals surface area contributed by atoms with Crippen LogP contribution in [0.25, 0.3) is 0 Å². The molecule has 0 saturated heterocycles. The lowest BCUT2D eigenvalue weighted by atomic mass is 10.2. The van der Waals surface area contributed by atoms with Gasteiger partial charge in [-0.3, -0.25) is 4.79 Å². The molecule has 0 unspecified atom stereocenters. The number of nitrogens with one attached hydrogen (secondary N) is 1. The molecule has 1 heterocycles. The molecule has 0 aliphatic carbocycles. The van der Waals surface area contributed by atoms with Gasteiger partial charge in [0.15, 0.2) is 6.61 Å². The van der Waals surface area contributed by atoms with Gasteiger partial charge in [-0.25, -0.2) is 4.98 Å². The Morgan fingerprint density at radius 2 is 2.29 bits per heavy atom. The Morgan fingerprint density at radius 3 is 3.00 bits per heavy atom. The Kier molecular flexibility index (Phi) is 5.75. The second kappa shape index (κ2) is 7.78. The summed E-state index contributed by atoms with van der Waals surface area (Å²) in [4.78, 5) is 16.1. The van der Waals surface area contributed by atoms with Crippen molar-refractivity contribution in [2.75, 3.05) is 13.2 Å². The number of amides is 1. The molecule has 4 nitrogen and oxygen atoms in total. The molecule has 2 aromatic rings. The Hall–Kier alpha value is -1.88. The van der Waals surface area contributed by atoms with Crippen molar-refractivity contribution in [2.24, 2.45) is 0 Å². The van der Waals surface area contributed by atoms with Gasteiger partial charge in [-0.05, 0) is 31.0 Å². The normalized spacial score (nSPS) is 10.4. The van der Waals surface area contributed by atoms with E-state index in [1.165, 1.54) is 5.56 Å². The van der Waals surface area contributed by atoms with Crippen molar-refractivity contribution < 1.29 is 9.53 Å². The van der Waals surface area contributed by atoms with E-state index in [1.54, 1.807) is 11.3 Å². The maximum atomic E-state index is 11.7. The Balaban J connectivity index is 1.69. The number of nitrogens with zero attached hydrogens (tertiary/aromatic N) is 1. The number of ether oxygens (including phenoxy) is 1. The lowest BCUT2D eigenvalue weighted by Gasteiger charge is -2.08. The maximum absolute atomic E-state index is 11.7. The lowest BCUT2D eigenvalue weighted by molar-refractivity contribution is -0.123. The maximum Gasteiger partial charge on any atom is 0.257 e. The standard InChI is InChI=1S/C16H20N2O2S/c1-3-13-5-4-6-14(9-13)20-10-15(19)17-8-7-16-18-12(2)11-21-16/h4-6,9,11H,3,7-8,10H2,1-2H3,(H,17,19). The lowest BCUT2D eigenvalue weighted by Crippen LogP contribution is -2.30. The third-order valence-electron chi connectivity index (χ3n) is 3.00. The minimum absolute atomic E-state index is 0.0457. The molecule has 1 amide bonds. The SMILES string of the molecule is CCc1cccc(OCC(=O)NCCc2nc(C)cs2)c1. The first-order valence-electron chi connectivity index (χ1n) is 7.07. The van der Waals surface area contributed by atoms with Gasteiger partial charge < -0.3 is 10.1 Å². The van der Waals surface area contributed by atoms with Gasteiger partial charge in [-0.15, -0.1) is 11.3 Å². The van der Waals surface area contributed by atoms with Crippen LogP contribution in [0, 0.1) is 6.92 Å². The number of aryl methyl sites for hydroxylation is 2.